The summed E-state index contributed by atoms with van der Waals surface area (Å²) in [7, 11) is 0. The van der Waals surface area contributed by atoms with E-state index in [0.717, 1.165) is 24.4 Å². The maximum atomic E-state index is 12.4. The summed E-state index contributed by atoms with van der Waals surface area (Å²) in [5.41, 5.74) is 2.56. The summed E-state index contributed by atoms with van der Waals surface area (Å²) in [5, 5.41) is 12.0. The number of halogens is 1. The number of benzene rings is 1. The van der Waals surface area contributed by atoms with E-state index < -0.39 is 0 Å². The second-order valence-corrected chi connectivity index (χ2v) is 6.59. The van der Waals surface area contributed by atoms with Crippen LogP contribution in [0.15, 0.2) is 42.6 Å². The van der Waals surface area contributed by atoms with E-state index in [2.05, 4.69) is 15.5 Å². The molecule has 3 aromatic rings. The normalized spacial score (nSPS) is 10.8. The first-order valence-corrected chi connectivity index (χ1v) is 9.11. The van der Waals surface area contributed by atoms with Gasteiger partial charge in [0.15, 0.2) is 6.73 Å². The van der Waals surface area contributed by atoms with Crippen LogP contribution in [0.25, 0.3) is 0 Å². The van der Waals surface area contributed by atoms with Crippen LogP contribution in [0.3, 0.4) is 0 Å². The van der Waals surface area contributed by atoms with Crippen LogP contribution in [-0.4, -0.2) is 32.0 Å². The van der Waals surface area contributed by atoms with Crippen molar-refractivity contribution in [2.24, 2.45) is 0 Å². The molecule has 0 saturated carbocycles. The van der Waals surface area contributed by atoms with Crippen molar-refractivity contribution in [2.75, 3.05) is 6.54 Å². The molecule has 0 saturated heterocycles. The molecule has 1 aromatic carbocycles. The molecule has 0 bridgehead atoms. The minimum absolute atomic E-state index is 0.102. The molecule has 27 heavy (non-hydrogen) atoms. The van der Waals surface area contributed by atoms with Crippen molar-refractivity contribution in [1.82, 2.24) is 24.9 Å². The average molecular weight is 388 g/mol. The molecule has 7 nitrogen and oxygen atoms in total. The highest BCUT2D eigenvalue weighted by Gasteiger charge is 2.12. The van der Waals surface area contributed by atoms with Crippen LogP contribution in [-0.2, 0) is 13.3 Å². The Bertz CT molecular complexity index is 918. The molecule has 0 aliphatic heterocycles. The Morgan fingerprint density at radius 3 is 2.78 bits per heavy atom. The van der Waals surface area contributed by atoms with E-state index in [9.17, 15) is 4.79 Å². The number of rotatable bonds is 8. The number of amides is 1. The van der Waals surface area contributed by atoms with Gasteiger partial charge in [-0.05, 0) is 44.5 Å². The van der Waals surface area contributed by atoms with Crippen LogP contribution in [0.4, 0.5) is 0 Å². The molecule has 3 rings (SSSR count). The van der Waals surface area contributed by atoms with Crippen LogP contribution in [0.2, 0.25) is 5.02 Å². The Morgan fingerprint density at radius 2 is 2.04 bits per heavy atom. The molecule has 1 amide bonds. The third-order valence-electron chi connectivity index (χ3n) is 4.06. The summed E-state index contributed by atoms with van der Waals surface area (Å²) < 4.78 is 9.10. The lowest BCUT2D eigenvalue weighted by Crippen LogP contribution is -2.28. The van der Waals surface area contributed by atoms with Crippen LogP contribution < -0.4 is 10.1 Å². The Hall–Kier alpha value is -2.80. The predicted octanol–water partition coefficient (Wildman–Crippen LogP) is 3.21. The lowest BCUT2D eigenvalue weighted by atomic mass is 10.3. The predicted molar refractivity (Wildman–Crippen MR) is 103 cm³/mol. The fourth-order valence-corrected chi connectivity index (χ4v) is 2.93. The molecule has 0 aliphatic carbocycles. The minimum atomic E-state index is -0.191. The van der Waals surface area contributed by atoms with E-state index in [1.54, 1.807) is 24.4 Å². The monoisotopic (exact) mass is 387 g/mol. The quantitative estimate of drug-likeness (QED) is 0.602. The van der Waals surface area contributed by atoms with E-state index in [1.807, 2.05) is 36.7 Å². The van der Waals surface area contributed by atoms with Gasteiger partial charge in [-0.15, -0.1) is 0 Å². The smallest absolute Gasteiger partial charge is 0.269 e. The first-order valence-electron chi connectivity index (χ1n) is 8.73. The number of carbonyl (C=O) groups excluding carboxylic acids is 1. The molecular weight excluding hydrogens is 366 g/mol. The van der Waals surface area contributed by atoms with Crippen molar-refractivity contribution in [2.45, 2.75) is 33.5 Å². The molecule has 0 fully saturated rings. The number of ether oxygens (including phenoxy) is 1. The number of nitrogens with one attached hydrogen (secondary N) is 1. The highest BCUT2D eigenvalue weighted by atomic mass is 35.5. The molecular formula is C19H22ClN5O2. The number of aromatic nitrogens is 4. The van der Waals surface area contributed by atoms with Crippen LogP contribution in [0, 0.1) is 13.8 Å². The van der Waals surface area contributed by atoms with Crippen molar-refractivity contribution in [1.29, 1.82) is 0 Å². The maximum absolute atomic E-state index is 12.4. The van der Waals surface area contributed by atoms with Gasteiger partial charge in [-0.3, -0.25) is 9.48 Å². The third-order valence-corrected chi connectivity index (χ3v) is 4.38. The van der Waals surface area contributed by atoms with Gasteiger partial charge in [-0.2, -0.15) is 10.2 Å². The molecule has 0 atom stereocenters. The molecule has 142 valence electrons. The summed E-state index contributed by atoms with van der Waals surface area (Å²) >= 11 is 6.07. The zero-order valence-electron chi connectivity index (χ0n) is 15.4. The Kier molecular flexibility index (Phi) is 6.13. The van der Waals surface area contributed by atoms with Crippen molar-refractivity contribution in [3.05, 3.63) is 64.7 Å². The second kappa shape index (κ2) is 8.73. The third kappa shape index (κ3) is 4.89. The fourth-order valence-electron chi connectivity index (χ4n) is 2.74. The number of para-hydroxylation sites is 1. The van der Waals surface area contributed by atoms with E-state index in [-0.39, 0.29) is 12.6 Å². The van der Waals surface area contributed by atoms with Gasteiger partial charge in [0.2, 0.25) is 0 Å². The largest absolute Gasteiger partial charge is 0.470 e. The van der Waals surface area contributed by atoms with Gasteiger partial charge < -0.3 is 10.1 Å². The minimum Gasteiger partial charge on any atom is -0.470 e. The van der Waals surface area contributed by atoms with Gasteiger partial charge in [0.25, 0.3) is 5.91 Å². The molecule has 8 heteroatoms. The van der Waals surface area contributed by atoms with Gasteiger partial charge in [-0.25, -0.2) is 4.68 Å². The van der Waals surface area contributed by atoms with Crippen LogP contribution in [0.1, 0.15) is 28.3 Å². The average Bonchev–Trinajstić information content (AvgIpc) is 3.24. The summed E-state index contributed by atoms with van der Waals surface area (Å²) in [6, 6.07) is 10.9. The summed E-state index contributed by atoms with van der Waals surface area (Å²) in [4.78, 5) is 12.4. The highest BCUT2D eigenvalue weighted by Crippen LogP contribution is 2.23. The number of hydrogen-bond acceptors (Lipinski definition) is 4. The van der Waals surface area contributed by atoms with Crippen molar-refractivity contribution in [3.8, 4) is 5.75 Å². The summed E-state index contributed by atoms with van der Waals surface area (Å²) in [6.07, 6.45) is 2.36. The number of carbonyl (C=O) groups is 1. The molecule has 2 aromatic heterocycles. The van der Waals surface area contributed by atoms with Gasteiger partial charge in [0.05, 0.1) is 10.7 Å². The molecule has 0 aliphatic rings. The maximum Gasteiger partial charge on any atom is 0.269 e. The summed E-state index contributed by atoms with van der Waals surface area (Å²) in [6.45, 7) is 5.40. The van der Waals surface area contributed by atoms with Gasteiger partial charge in [0.1, 0.15) is 11.4 Å². The van der Waals surface area contributed by atoms with Gasteiger partial charge in [0, 0.05) is 25.0 Å². The fraction of sp³-hybridized carbons (Fsp3) is 0.316. The molecule has 0 spiro atoms. The first kappa shape index (κ1) is 19.0. The highest BCUT2D eigenvalue weighted by molar-refractivity contribution is 6.32. The Balaban J connectivity index is 1.50. The molecule has 0 radical (unpaired) electrons. The van der Waals surface area contributed by atoms with Gasteiger partial charge in [-0.1, -0.05) is 23.7 Å². The second-order valence-electron chi connectivity index (χ2n) is 6.18. The first-order chi connectivity index (χ1) is 13.0. The van der Waals surface area contributed by atoms with Crippen molar-refractivity contribution in [3.63, 3.8) is 0 Å². The zero-order valence-corrected chi connectivity index (χ0v) is 16.1. The van der Waals surface area contributed by atoms with Crippen LogP contribution in [0.5, 0.6) is 5.75 Å². The summed E-state index contributed by atoms with van der Waals surface area (Å²) in [5.74, 6) is 0.356. The SMILES string of the molecule is Cc1cc(C)n(CCCNC(=O)c2ccnn2COc2ccccc2Cl)n1. The van der Waals surface area contributed by atoms with Crippen LogP contribution >= 0.6 is 11.6 Å². The van der Waals surface area contributed by atoms with Crippen molar-refractivity contribution >= 4 is 17.5 Å². The lowest BCUT2D eigenvalue weighted by Gasteiger charge is -2.11. The molecule has 1 N–H and O–H groups in total. The van der Waals surface area contributed by atoms with Gasteiger partial charge >= 0.3 is 0 Å². The number of nitrogens with zero attached hydrogens (tertiary/aromatic N) is 4. The Labute approximate surface area is 162 Å². The van der Waals surface area contributed by atoms with E-state index >= 15 is 0 Å². The zero-order chi connectivity index (χ0) is 19.2. The Morgan fingerprint density at radius 1 is 1.22 bits per heavy atom. The lowest BCUT2D eigenvalue weighted by molar-refractivity contribution is 0.0931. The van der Waals surface area contributed by atoms with E-state index in [0.29, 0.717) is 23.0 Å². The van der Waals surface area contributed by atoms with Crippen molar-refractivity contribution < 1.29 is 9.53 Å². The number of hydrogen-bond donors (Lipinski definition) is 1. The molecule has 0 unspecified atom stereocenters. The van der Waals surface area contributed by atoms with E-state index in [4.69, 9.17) is 16.3 Å². The number of aryl methyl sites for hydroxylation is 3. The topological polar surface area (TPSA) is 74.0 Å². The standard InChI is InChI=1S/C19H22ClN5O2/c1-14-12-15(2)24(23-14)11-5-9-21-19(26)17-8-10-22-25(17)13-27-18-7-4-3-6-16(18)20/h3-4,6-8,10,12H,5,9,11,13H2,1-2H3,(H,21,26). The molecule has 2 heterocycles. The van der Waals surface area contributed by atoms with E-state index in [1.165, 1.54) is 4.68 Å².